The Kier molecular flexibility index (Phi) is 3.84. The molecule has 1 unspecified atom stereocenters. The molecule has 2 N–H and O–H groups in total. The summed E-state index contributed by atoms with van der Waals surface area (Å²) in [6.45, 7) is 1.86. The average molecular weight is 273 g/mol. The van der Waals surface area contributed by atoms with E-state index in [1.165, 1.54) is 17.8 Å². The number of aromatic nitrogens is 2. The summed E-state index contributed by atoms with van der Waals surface area (Å²) < 4.78 is 1.17. The molecule has 1 heterocycles. The van der Waals surface area contributed by atoms with Crippen molar-refractivity contribution in [3.63, 3.8) is 0 Å². The highest BCUT2D eigenvalue weighted by Gasteiger charge is 2.18. The Bertz CT molecular complexity index is 634. The van der Waals surface area contributed by atoms with Gasteiger partial charge in [-0.2, -0.15) is 5.10 Å². The second kappa shape index (κ2) is 5.56. The first-order valence-corrected chi connectivity index (χ1v) is 6.12. The molecule has 0 aliphatic heterocycles. The highest BCUT2D eigenvalue weighted by Crippen LogP contribution is 2.12. The van der Waals surface area contributed by atoms with E-state index in [9.17, 15) is 9.59 Å². The fourth-order valence-corrected chi connectivity index (χ4v) is 1.87. The lowest BCUT2D eigenvalue weighted by Crippen LogP contribution is -2.27. The average Bonchev–Trinajstić information content (AvgIpc) is 2.82. The Morgan fingerprint density at radius 1 is 1.30 bits per heavy atom. The SMILES string of the molecule is CC(NC(=O)c1cc(C(=O)O)n(C)n1)c1ccccc1. The third-order valence-electron chi connectivity index (χ3n) is 2.98. The number of carbonyl (C=O) groups is 2. The summed E-state index contributed by atoms with van der Waals surface area (Å²) >= 11 is 0. The van der Waals surface area contributed by atoms with Crippen LogP contribution in [0, 0.1) is 0 Å². The molecule has 0 spiro atoms. The van der Waals surface area contributed by atoms with Gasteiger partial charge in [0.2, 0.25) is 0 Å². The maximum atomic E-state index is 12.0. The van der Waals surface area contributed by atoms with Gasteiger partial charge in [-0.3, -0.25) is 9.48 Å². The van der Waals surface area contributed by atoms with Crippen LogP contribution in [-0.2, 0) is 7.05 Å². The Balaban J connectivity index is 2.13. The molecule has 0 saturated heterocycles. The zero-order chi connectivity index (χ0) is 14.7. The van der Waals surface area contributed by atoms with Crippen LogP contribution in [0.25, 0.3) is 0 Å². The largest absolute Gasteiger partial charge is 0.477 e. The molecule has 0 fully saturated rings. The van der Waals surface area contributed by atoms with Crippen molar-refractivity contribution in [2.24, 2.45) is 7.05 Å². The van der Waals surface area contributed by atoms with Gasteiger partial charge in [0.15, 0.2) is 5.69 Å². The number of carbonyl (C=O) groups excluding carboxylic acids is 1. The van der Waals surface area contributed by atoms with Gasteiger partial charge in [-0.1, -0.05) is 30.3 Å². The van der Waals surface area contributed by atoms with Crippen LogP contribution >= 0.6 is 0 Å². The summed E-state index contributed by atoms with van der Waals surface area (Å²) in [5.41, 5.74) is 1.03. The molecule has 1 aromatic carbocycles. The number of amides is 1. The molecule has 6 heteroatoms. The van der Waals surface area contributed by atoms with E-state index in [0.717, 1.165) is 5.56 Å². The van der Waals surface area contributed by atoms with Crippen LogP contribution in [0.2, 0.25) is 0 Å². The van der Waals surface area contributed by atoms with E-state index in [4.69, 9.17) is 5.11 Å². The minimum absolute atomic E-state index is 0.0254. The fourth-order valence-electron chi connectivity index (χ4n) is 1.87. The monoisotopic (exact) mass is 273 g/mol. The maximum absolute atomic E-state index is 12.0. The first kappa shape index (κ1) is 13.8. The summed E-state index contributed by atoms with van der Waals surface area (Å²) in [6.07, 6.45) is 0. The van der Waals surface area contributed by atoms with Gasteiger partial charge in [-0.05, 0) is 12.5 Å². The second-order valence-corrected chi connectivity index (χ2v) is 4.45. The standard InChI is InChI=1S/C14H15N3O3/c1-9(10-6-4-3-5-7-10)15-13(18)11-8-12(14(19)20)17(2)16-11/h3-9H,1-2H3,(H,15,18)(H,19,20). The molecule has 2 aromatic rings. The molecule has 0 saturated carbocycles. The topological polar surface area (TPSA) is 84.2 Å². The Labute approximate surface area is 116 Å². The smallest absolute Gasteiger partial charge is 0.354 e. The third kappa shape index (κ3) is 2.85. The molecule has 0 bridgehead atoms. The van der Waals surface area contributed by atoms with E-state index in [0.29, 0.717) is 0 Å². The summed E-state index contributed by atoms with van der Waals surface area (Å²) in [7, 11) is 1.49. The Morgan fingerprint density at radius 3 is 2.50 bits per heavy atom. The predicted molar refractivity (Wildman–Crippen MR) is 72.5 cm³/mol. The lowest BCUT2D eigenvalue weighted by Gasteiger charge is -2.12. The zero-order valence-electron chi connectivity index (χ0n) is 11.2. The number of carboxylic acid groups (broad SMARTS) is 1. The fraction of sp³-hybridized carbons (Fsp3) is 0.214. The van der Waals surface area contributed by atoms with Gasteiger partial charge >= 0.3 is 5.97 Å². The van der Waals surface area contributed by atoms with Crippen molar-refractivity contribution >= 4 is 11.9 Å². The molecule has 1 atom stereocenters. The Hall–Kier alpha value is -2.63. The summed E-state index contributed by atoms with van der Waals surface area (Å²) in [5.74, 6) is -1.51. The van der Waals surface area contributed by atoms with Crippen LogP contribution in [0.15, 0.2) is 36.4 Å². The number of aryl methyl sites for hydroxylation is 1. The van der Waals surface area contributed by atoms with Gasteiger partial charge in [-0.15, -0.1) is 0 Å². The van der Waals surface area contributed by atoms with Crippen molar-refractivity contribution < 1.29 is 14.7 Å². The number of rotatable bonds is 4. The van der Waals surface area contributed by atoms with Crippen LogP contribution < -0.4 is 5.32 Å². The lowest BCUT2D eigenvalue weighted by molar-refractivity contribution is 0.0684. The Morgan fingerprint density at radius 2 is 1.95 bits per heavy atom. The summed E-state index contributed by atoms with van der Waals surface area (Å²) in [6, 6.07) is 10.6. The van der Waals surface area contributed by atoms with E-state index in [-0.39, 0.29) is 17.4 Å². The normalized spacial score (nSPS) is 11.9. The van der Waals surface area contributed by atoms with Gasteiger partial charge in [0, 0.05) is 13.1 Å². The summed E-state index contributed by atoms with van der Waals surface area (Å²) in [5, 5.41) is 15.6. The third-order valence-corrected chi connectivity index (χ3v) is 2.98. The number of hydrogen-bond acceptors (Lipinski definition) is 3. The predicted octanol–water partition coefficient (Wildman–Crippen LogP) is 1.61. The molecule has 20 heavy (non-hydrogen) atoms. The zero-order valence-corrected chi connectivity index (χ0v) is 11.2. The van der Waals surface area contributed by atoms with Crippen LogP contribution in [0.5, 0.6) is 0 Å². The maximum Gasteiger partial charge on any atom is 0.354 e. The van der Waals surface area contributed by atoms with E-state index in [1.54, 1.807) is 0 Å². The van der Waals surface area contributed by atoms with Crippen LogP contribution in [0.4, 0.5) is 0 Å². The lowest BCUT2D eigenvalue weighted by atomic mass is 10.1. The van der Waals surface area contributed by atoms with Crippen LogP contribution in [-0.4, -0.2) is 26.8 Å². The van der Waals surface area contributed by atoms with Gasteiger partial charge in [0.1, 0.15) is 5.69 Å². The van der Waals surface area contributed by atoms with Crippen LogP contribution in [0.1, 0.15) is 39.5 Å². The number of benzene rings is 1. The van der Waals surface area contributed by atoms with E-state index in [1.807, 2.05) is 37.3 Å². The number of nitrogens with zero attached hydrogens (tertiary/aromatic N) is 2. The van der Waals surface area contributed by atoms with E-state index >= 15 is 0 Å². The van der Waals surface area contributed by atoms with Crippen molar-refractivity contribution in [2.45, 2.75) is 13.0 Å². The quantitative estimate of drug-likeness (QED) is 0.886. The molecular formula is C14H15N3O3. The van der Waals surface area contributed by atoms with Crippen LogP contribution in [0.3, 0.4) is 0 Å². The minimum Gasteiger partial charge on any atom is -0.477 e. The molecule has 0 aliphatic rings. The number of nitrogens with one attached hydrogen (secondary N) is 1. The number of carboxylic acids is 1. The molecule has 2 rings (SSSR count). The van der Waals surface area contributed by atoms with Crippen molar-refractivity contribution in [1.29, 1.82) is 0 Å². The molecular weight excluding hydrogens is 258 g/mol. The van der Waals surface area contributed by atoms with Gasteiger partial charge in [-0.25, -0.2) is 4.79 Å². The molecule has 104 valence electrons. The first-order valence-electron chi connectivity index (χ1n) is 6.12. The van der Waals surface area contributed by atoms with Gasteiger partial charge in [0.05, 0.1) is 6.04 Å². The second-order valence-electron chi connectivity index (χ2n) is 4.45. The minimum atomic E-state index is -1.12. The highest BCUT2D eigenvalue weighted by molar-refractivity contribution is 5.95. The van der Waals surface area contributed by atoms with E-state index in [2.05, 4.69) is 10.4 Å². The van der Waals surface area contributed by atoms with E-state index < -0.39 is 11.9 Å². The van der Waals surface area contributed by atoms with Crippen molar-refractivity contribution in [3.05, 3.63) is 53.3 Å². The van der Waals surface area contributed by atoms with Crippen molar-refractivity contribution in [3.8, 4) is 0 Å². The number of aromatic carboxylic acids is 1. The molecule has 1 aromatic heterocycles. The summed E-state index contributed by atoms with van der Waals surface area (Å²) in [4.78, 5) is 22.9. The highest BCUT2D eigenvalue weighted by atomic mass is 16.4. The first-order chi connectivity index (χ1) is 9.49. The van der Waals surface area contributed by atoms with Crippen molar-refractivity contribution in [2.75, 3.05) is 0 Å². The molecule has 1 amide bonds. The van der Waals surface area contributed by atoms with Crippen molar-refractivity contribution in [1.82, 2.24) is 15.1 Å². The number of hydrogen-bond donors (Lipinski definition) is 2. The van der Waals surface area contributed by atoms with Gasteiger partial charge < -0.3 is 10.4 Å². The molecule has 0 radical (unpaired) electrons. The van der Waals surface area contributed by atoms with Gasteiger partial charge in [0.25, 0.3) is 5.91 Å². The molecule has 6 nitrogen and oxygen atoms in total. The molecule has 0 aliphatic carbocycles.